The Labute approximate surface area is 220 Å². The average molecular weight is 500 g/mol. The molecular weight excluding hydrogens is 462 g/mol. The maximum Gasteiger partial charge on any atom is 0.313 e. The standard InChI is InChI=1S/C31H37N3O3/c1-21-7-5-8-26(27-9-6-10-28(33-27)34-16-13-31(3,20-34)30(35)36-4)29(21)37-19-23-17-22(2)25-12-15-32-14-11-24(25)18-23/h5-10,17-18,32H,11-16,19-20H2,1-4H3/t31-/m1/s1. The zero-order valence-electron chi connectivity index (χ0n) is 22.4. The number of ether oxygens (including phenoxy) is 2. The number of fused-ring (bicyclic) bond motifs is 1. The predicted molar refractivity (Wildman–Crippen MR) is 147 cm³/mol. The van der Waals surface area contributed by atoms with Gasteiger partial charge in [-0.05, 0) is 99.1 Å². The zero-order chi connectivity index (χ0) is 26.0. The minimum atomic E-state index is -0.508. The highest BCUT2D eigenvalue weighted by atomic mass is 16.5. The van der Waals surface area contributed by atoms with Crippen LogP contribution in [0, 0.1) is 19.3 Å². The lowest BCUT2D eigenvalue weighted by Crippen LogP contribution is -2.33. The Kier molecular flexibility index (Phi) is 7.20. The molecule has 3 heterocycles. The van der Waals surface area contributed by atoms with Crippen molar-refractivity contribution in [2.24, 2.45) is 5.41 Å². The molecule has 3 aromatic rings. The van der Waals surface area contributed by atoms with Crippen molar-refractivity contribution >= 4 is 11.8 Å². The van der Waals surface area contributed by atoms with Gasteiger partial charge in [0.25, 0.3) is 0 Å². The predicted octanol–water partition coefficient (Wildman–Crippen LogP) is 5.02. The molecule has 0 radical (unpaired) electrons. The molecule has 6 nitrogen and oxygen atoms in total. The number of methoxy groups -OCH3 is 1. The third kappa shape index (κ3) is 5.21. The largest absolute Gasteiger partial charge is 0.488 e. The molecule has 5 rings (SSSR count). The number of nitrogens with one attached hydrogen (secondary N) is 1. The van der Waals surface area contributed by atoms with Gasteiger partial charge < -0.3 is 19.7 Å². The summed E-state index contributed by atoms with van der Waals surface area (Å²) in [7, 11) is 1.46. The number of carbonyl (C=O) groups is 1. The summed E-state index contributed by atoms with van der Waals surface area (Å²) in [5.74, 6) is 1.57. The van der Waals surface area contributed by atoms with Crippen LogP contribution in [0.1, 0.15) is 41.2 Å². The quantitative estimate of drug-likeness (QED) is 0.481. The van der Waals surface area contributed by atoms with Gasteiger partial charge in [-0.25, -0.2) is 4.98 Å². The van der Waals surface area contributed by atoms with Gasteiger partial charge in [0.15, 0.2) is 0 Å². The molecule has 0 saturated carbocycles. The number of pyridine rings is 1. The fourth-order valence-corrected chi connectivity index (χ4v) is 5.72. The maximum atomic E-state index is 12.3. The van der Waals surface area contributed by atoms with Crippen molar-refractivity contribution in [1.29, 1.82) is 0 Å². The van der Waals surface area contributed by atoms with E-state index >= 15 is 0 Å². The van der Waals surface area contributed by atoms with E-state index in [0.29, 0.717) is 13.2 Å². The van der Waals surface area contributed by atoms with E-state index in [1.165, 1.54) is 29.4 Å². The van der Waals surface area contributed by atoms with E-state index < -0.39 is 5.41 Å². The summed E-state index contributed by atoms with van der Waals surface area (Å²) in [5, 5.41) is 3.50. The molecule has 0 aliphatic carbocycles. The number of anilines is 1. The molecule has 1 atom stereocenters. The van der Waals surface area contributed by atoms with E-state index in [-0.39, 0.29) is 5.97 Å². The number of carbonyl (C=O) groups excluding carboxylic acids is 1. The Bertz CT molecular complexity index is 1300. The lowest BCUT2D eigenvalue weighted by molar-refractivity contribution is -0.150. The number of benzene rings is 2. The van der Waals surface area contributed by atoms with Crippen LogP contribution in [-0.4, -0.2) is 44.2 Å². The topological polar surface area (TPSA) is 63.7 Å². The molecular formula is C31H37N3O3. The van der Waals surface area contributed by atoms with Crippen LogP contribution in [0.25, 0.3) is 11.3 Å². The Hall–Kier alpha value is -3.38. The third-order valence-corrected chi connectivity index (χ3v) is 7.83. The van der Waals surface area contributed by atoms with Crippen molar-refractivity contribution in [2.45, 2.75) is 46.6 Å². The van der Waals surface area contributed by atoms with E-state index in [4.69, 9.17) is 14.5 Å². The lowest BCUT2D eigenvalue weighted by atomic mass is 9.90. The molecule has 1 aromatic heterocycles. The first-order chi connectivity index (χ1) is 17.9. The number of esters is 1. The van der Waals surface area contributed by atoms with Crippen molar-refractivity contribution < 1.29 is 14.3 Å². The van der Waals surface area contributed by atoms with E-state index in [1.807, 2.05) is 25.1 Å². The molecule has 194 valence electrons. The molecule has 0 spiro atoms. The fourth-order valence-electron chi connectivity index (χ4n) is 5.72. The van der Waals surface area contributed by atoms with Gasteiger partial charge in [-0.3, -0.25) is 4.79 Å². The molecule has 0 bridgehead atoms. The number of para-hydroxylation sites is 1. The van der Waals surface area contributed by atoms with E-state index in [1.54, 1.807) is 0 Å². The van der Waals surface area contributed by atoms with Crippen LogP contribution < -0.4 is 15.0 Å². The van der Waals surface area contributed by atoms with Crippen LogP contribution in [0.5, 0.6) is 5.75 Å². The first-order valence-corrected chi connectivity index (χ1v) is 13.2. The monoisotopic (exact) mass is 499 g/mol. The molecule has 0 unspecified atom stereocenters. The molecule has 1 saturated heterocycles. The molecule has 1 N–H and O–H groups in total. The van der Waals surface area contributed by atoms with Crippen molar-refractivity contribution in [3.05, 3.63) is 76.3 Å². The molecule has 2 aromatic carbocycles. The van der Waals surface area contributed by atoms with Crippen LogP contribution in [0.15, 0.2) is 48.5 Å². The second-order valence-corrected chi connectivity index (χ2v) is 10.6. The highest BCUT2D eigenvalue weighted by Gasteiger charge is 2.41. The molecule has 6 heteroatoms. The second kappa shape index (κ2) is 10.5. The Morgan fingerprint density at radius 3 is 2.73 bits per heavy atom. The molecule has 37 heavy (non-hydrogen) atoms. The Morgan fingerprint density at radius 2 is 1.89 bits per heavy atom. The summed E-state index contributed by atoms with van der Waals surface area (Å²) in [6.45, 7) is 10.2. The zero-order valence-corrected chi connectivity index (χ0v) is 22.4. The smallest absolute Gasteiger partial charge is 0.313 e. The molecule has 1 fully saturated rings. The minimum Gasteiger partial charge on any atom is -0.488 e. The van der Waals surface area contributed by atoms with Crippen LogP contribution in [0.2, 0.25) is 0 Å². The van der Waals surface area contributed by atoms with Crippen molar-refractivity contribution in [1.82, 2.24) is 10.3 Å². The van der Waals surface area contributed by atoms with E-state index in [0.717, 1.165) is 67.3 Å². The van der Waals surface area contributed by atoms with Gasteiger partial charge in [0.1, 0.15) is 18.2 Å². The second-order valence-electron chi connectivity index (χ2n) is 10.6. The number of rotatable bonds is 6. The van der Waals surface area contributed by atoms with Crippen LogP contribution in [-0.2, 0) is 29.0 Å². The van der Waals surface area contributed by atoms with Crippen molar-refractivity contribution in [2.75, 3.05) is 38.2 Å². The van der Waals surface area contributed by atoms with Gasteiger partial charge in [0.05, 0.1) is 18.2 Å². The van der Waals surface area contributed by atoms with Crippen LogP contribution in [0.4, 0.5) is 5.82 Å². The number of hydrogen-bond acceptors (Lipinski definition) is 6. The highest BCUT2D eigenvalue weighted by molar-refractivity contribution is 5.78. The number of aryl methyl sites for hydroxylation is 2. The Morgan fingerprint density at radius 1 is 1.08 bits per heavy atom. The third-order valence-electron chi connectivity index (χ3n) is 7.83. The van der Waals surface area contributed by atoms with Gasteiger partial charge in [0, 0.05) is 18.7 Å². The number of aromatic nitrogens is 1. The summed E-state index contributed by atoms with van der Waals surface area (Å²) >= 11 is 0. The SMILES string of the molecule is COC(=O)[C@]1(C)CCN(c2cccc(-c3cccc(C)c3OCc3cc(C)c4c(c3)CCNCC4)n2)C1. The number of nitrogens with zero attached hydrogens (tertiary/aromatic N) is 2. The normalized spacial score (nSPS) is 19.3. The van der Waals surface area contributed by atoms with Gasteiger partial charge in [-0.1, -0.05) is 30.3 Å². The lowest BCUT2D eigenvalue weighted by Gasteiger charge is -2.23. The highest BCUT2D eigenvalue weighted by Crippen LogP contribution is 2.37. The molecule has 0 amide bonds. The van der Waals surface area contributed by atoms with Gasteiger partial charge in [-0.15, -0.1) is 0 Å². The number of hydrogen-bond donors (Lipinski definition) is 1. The first-order valence-electron chi connectivity index (χ1n) is 13.2. The van der Waals surface area contributed by atoms with Gasteiger partial charge in [-0.2, -0.15) is 0 Å². The average Bonchev–Trinajstić information content (AvgIpc) is 3.15. The molecule has 2 aliphatic heterocycles. The van der Waals surface area contributed by atoms with Crippen LogP contribution >= 0.6 is 0 Å². The summed E-state index contributed by atoms with van der Waals surface area (Å²) in [6.07, 6.45) is 2.89. The minimum absolute atomic E-state index is 0.162. The van der Waals surface area contributed by atoms with Crippen molar-refractivity contribution in [3.63, 3.8) is 0 Å². The van der Waals surface area contributed by atoms with Crippen LogP contribution in [0.3, 0.4) is 0 Å². The first kappa shape index (κ1) is 25.3. The van der Waals surface area contributed by atoms with E-state index in [9.17, 15) is 4.79 Å². The van der Waals surface area contributed by atoms with E-state index in [2.05, 4.69) is 54.4 Å². The molecule has 2 aliphatic rings. The Balaban J connectivity index is 1.39. The fraction of sp³-hybridized carbons (Fsp3) is 0.419. The van der Waals surface area contributed by atoms with Crippen molar-refractivity contribution in [3.8, 4) is 17.0 Å². The summed E-state index contributed by atoms with van der Waals surface area (Å²) in [5.41, 5.74) is 7.90. The maximum absolute atomic E-state index is 12.3. The summed E-state index contributed by atoms with van der Waals surface area (Å²) in [4.78, 5) is 19.5. The summed E-state index contributed by atoms with van der Waals surface area (Å²) in [6, 6.07) is 16.9. The summed E-state index contributed by atoms with van der Waals surface area (Å²) < 4.78 is 11.5. The van der Waals surface area contributed by atoms with Gasteiger partial charge >= 0.3 is 5.97 Å². The van der Waals surface area contributed by atoms with Gasteiger partial charge in [0.2, 0.25) is 0 Å².